The first-order valence-corrected chi connectivity index (χ1v) is 8.85. The minimum atomic E-state index is -4.37. The molecule has 4 rings (SSSR count). The number of halogens is 4. The van der Waals surface area contributed by atoms with Crippen LogP contribution in [0.3, 0.4) is 0 Å². The minimum absolute atomic E-state index is 0.101. The predicted octanol–water partition coefficient (Wildman–Crippen LogP) is 4.33. The van der Waals surface area contributed by atoms with E-state index < -0.39 is 11.7 Å². The summed E-state index contributed by atoms with van der Waals surface area (Å²) in [6, 6.07) is 10.3. The Hall–Kier alpha value is -1.92. The molecule has 26 heavy (non-hydrogen) atoms. The van der Waals surface area contributed by atoms with Crippen LogP contribution in [0.5, 0.6) is 0 Å². The maximum Gasteiger partial charge on any atom is 0.416 e. The monoisotopic (exact) mass is 364 g/mol. The second-order valence-corrected chi connectivity index (χ2v) is 6.98. The maximum atomic E-state index is 13.3. The molecule has 2 aromatic carbocycles. The molecule has 2 nitrogen and oxygen atoms in total. The highest BCUT2D eigenvalue weighted by Gasteiger charge is 2.38. The molecule has 2 aliphatic rings. The molecule has 0 spiro atoms. The van der Waals surface area contributed by atoms with Gasteiger partial charge in [0.1, 0.15) is 5.82 Å². The number of rotatable bonds is 2. The molecule has 1 fully saturated rings. The first-order chi connectivity index (χ1) is 12.4. The third-order valence-corrected chi connectivity index (χ3v) is 5.47. The summed E-state index contributed by atoms with van der Waals surface area (Å²) in [6.45, 7) is 3.52. The number of hydrogen-bond acceptors (Lipinski definition) is 2. The van der Waals surface area contributed by atoms with Crippen molar-refractivity contribution in [1.82, 2.24) is 10.2 Å². The fourth-order valence-corrected chi connectivity index (χ4v) is 4.18. The molecule has 0 saturated carbocycles. The van der Waals surface area contributed by atoms with Gasteiger partial charge in [-0.15, -0.1) is 0 Å². The molecule has 2 aromatic rings. The lowest BCUT2D eigenvalue weighted by atomic mass is 9.92. The van der Waals surface area contributed by atoms with E-state index in [0.717, 1.165) is 49.3 Å². The van der Waals surface area contributed by atoms with Gasteiger partial charge in [0.15, 0.2) is 0 Å². The van der Waals surface area contributed by atoms with Crippen molar-refractivity contribution in [2.24, 2.45) is 0 Å². The lowest BCUT2D eigenvalue weighted by Gasteiger charge is -2.33. The molecule has 0 radical (unpaired) electrons. The zero-order valence-corrected chi connectivity index (χ0v) is 14.2. The molecule has 1 heterocycles. The summed E-state index contributed by atoms with van der Waals surface area (Å²) in [5, 5.41) is 3.31. The third-order valence-electron chi connectivity index (χ3n) is 5.47. The van der Waals surface area contributed by atoms with Crippen LogP contribution in [0, 0.1) is 5.82 Å². The fourth-order valence-electron chi connectivity index (χ4n) is 4.18. The molecule has 0 amide bonds. The van der Waals surface area contributed by atoms with Crippen molar-refractivity contribution in [2.75, 3.05) is 26.2 Å². The van der Waals surface area contributed by atoms with Gasteiger partial charge in [-0.2, -0.15) is 13.2 Å². The fraction of sp³-hybridized carbons (Fsp3) is 0.400. The summed E-state index contributed by atoms with van der Waals surface area (Å²) in [4.78, 5) is 2.34. The van der Waals surface area contributed by atoms with Crippen molar-refractivity contribution in [1.29, 1.82) is 0 Å². The van der Waals surface area contributed by atoms with Crippen molar-refractivity contribution >= 4 is 0 Å². The largest absolute Gasteiger partial charge is 0.416 e. The van der Waals surface area contributed by atoms with Gasteiger partial charge < -0.3 is 5.32 Å². The molecule has 1 aliphatic heterocycles. The highest BCUT2D eigenvalue weighted by Crippen LogP contribution is 2.48. The van der Waals surface area contributed by atoms with E-state index in [-0.39, 0.29) is 17.8 Å². The predicted molar refractivity (Wildman–Crippen MR) is 91.5 cm³/mol. The third kappa shape index (κ3) is 3.23. The number of hydrogen-bond donors (Lipinski definition) is 1. The van der Waals surface area contributed by atoms with Crippen molar-refractivity contribution in [3.05, 3.63) is 70.5 Å². The van der Waals surface area contributed by atoms with Crippen molar-refractivity contribution in [3.63, 3.8) is 0 Å². The summed E-state index contributed by atoms with van der Waals surface area (Å²) >= 11 is 0. The normalized spacial score (nSPS) is 23.8. The van der Waals surface area contributed by atoms with Gasteiger partial charge in [-0.05, 0) is 47.4 Å². The SMILES string of the molecule is Fc1ccc(C2CC(N3CCNCC3)c3ccc(C(F)(F)F)cc32)cc1. The topological polar surface area (TPSA) is 15.3 Å². The van der Waals surface area contributed by atoms with Gasteiger partial charge in [0.2, 0.25) is 0 Å². The van der Waals surface area contributed by atoms with E-state index in [0.29, 0.717) is 0 Å². The number of benzene rings is 2. The van der Waals surface area contributed by atoms with Crippen LogP contribution in [0.2, 0.25) is 0 Å². The molecule has 1 N–H and O–H groups in total. The standard InChI is InChI=1S/C20H20F4N2/c21-15-4-1-13(2-5-15)17-12-19(26-9-7-25-8-10-26)16-6-3-14(11-18(16)17)20(22,23)24/h1-6,11,17,19,25H,7-10,12H2. The number of piperazine rings is 1. The quantitative estimate of drug-likeness (QED) is 0.798. The number of alkyl halides is 3. The first kappa shape index (κ1) is 17.5. The highest BCUT2D eigenvalue weighted by molar-refractivity contribution is 5.47. The van der Waals surface area contributed by atoms with Gasteiger partial charge in [0, 0.05) is 38.1 Å². The van der Waals surface area contributed by atoms with Crippen LogP contribution < -0.4 is 5.32 Å². The Balaban J connectivity index is 1.76. The summed E-state index contributed by atoms with van der Waals surface area (Å²) in [5.74, 6) is -0.484. The van der Waals surface area contributed by atoms with E-state index in [1.54, 1.807) is 18.2 Å². The van der Waals surface area contributed by atoms with Gasteiger partial charge in [-0.25, -0.2) is 4.39 Å². The molecule has 0 aromatic heterocycles. The van der Waals surface area contributed by atoms with E-state index >= 15 is 0 Å². The van der Waals surface area contributed by atoms with Crippen molar-refractivity contribution < 1.29 is 17.6 Å². The molecule has 1 aliphatic carbocycles. The van der Waals surface area contributed by atoms with Gasteiger partial charge in [0.25, 0.3) is 0 Å². The van der Waals surface area contributed by atoms with Crippen LogP contribution in [0.15, 0.2) is 42.5 Å². The van der Waals surface area contributed by atoms with Crippen LogP contribution in [-0.2, 0) is 6.18 Å². The average molecular weight is 364 g/mol. The lowest BCUT2D eigenvalue weighted by molar-refractivity contribution is -0.137. The molecule has 0 bridgehead atoms. The van der Waals surface area contributed by atoms with Gasteiger partial charge in [-0.3, -0.25) is 4.90 Å². The number of nitrogens with one attached hydrogen (secondary N) is 1. The maximum absolute atomic E-state index is 13.3. The molecule has 2 unspecified atom stereocenters. The Morgan fingerprint density at radius 2 is 1.62 bits per heavy atom. The summed E-state index contributed by atoms with van der Waals surface area (Å²) < 4.78 is 53.0. The smallest absolute Gasteiger partial charge is 0.314 e. The average Bonchev–Trinajstić information content (AvgIpc) is 3.01. The summed E-state index contributed by atoms with van der Waals surface area (Å²) in [5.41, 5.74) is 1.93. The molecule has 6 heteroatoms. The molecule has 1 saturated heterocycles. The molecule has 138 valence electrons. The second kappa shape index (κ2) is 6.67. The molecule has 2 atom stereocenters. The number of fused-ring (bicyclic) bond motifs is 1. The van der Waals surface area contributed by atoms with E-state index in [4.69, 9.17) is 0 Å². The Bertz CT molecular complexity index is 779. The highest BCUT2D eigenvalue weighted by atomic mass is 19.4. The molecular weight excluding hydrogens is 344 g/mol. The Labute approximate surface area is 149 Å². The van der Waals surface area contributed by atoms with Crippen LogP contribution in [0.4, 0.5) is 17.6 Å². The zero-order chi connectivity index (χ0) is 18.3. The van der Waals surface area contributed by atoms with E-state index in [1.807, 2.05) is 0 Å². The Kier molecular flexibility index (Phi) is 4.49. The van der Waals surface area contributed by atoms with Gasteiger partial charge >= 0.3 is 6.18 Å². The minimum Gasteiger partial charge on any atom is -0.314 e. The van der Waals surface area contributed by atoms with E-state index in [1.165, 1.54) is 24.3 Å². The van der Waals surface area contributed by atoms with Crippen molar-refractivity contribution in [2.45, 2.75) is 24.6 Å². The van der Waals surface area contributed by atoms with Gasteiger partial charge in [-0.1, -0.05) is 18.2 Å². The molecular formula is C20H20F4N2. The van der Waals surface area contributed by atoms with Gasteiger partial charge in [0.05, 0.1) is 5.56 Å². The zero-order valence-electron chi connectivity index (χ0n) is 14.2. The van der Waals surface area contributed by atoms with E-state index in [2.05, 4.69) is 10.2 Å². The summed E-state index contributed by atoms with van der Waals surface area (Å²) in [7, 11) is 0. The summed E-state index contributed by atoms with van der Waals surface area (Å²) in [6.07, 6.45) is -3.64. The number of nitrogens with zero attached hydrogens (tertiary/aromatic N) is 1. The van der Waals surface area contributed by atoms with Crippen molar-refractivity contribution in [3.8, 4) is 0 Å². The Morgan fingerprint density at radius 1 is 0.923 bits per heavy atom. The Morgan fingerprint density at radius 3 is 2.27 bits per heavy atom. The second-order valence-electron chi connectivity index (χ2n) is 6.98. The van der Waals surface area contributed by atoms with Crippen LogP contribution in [-0.4, -0.2) is 31.1 Å². The van der Waals surface area contributed by atoms with Crippen LogP contribution in [0.25, 0.3) is 0 Å². The lowest BCUT2D eigenvalue weighted by Crippen LogP contribution is -2.44. The van der Waals surface area contributed by atoms with Crippen LogP contribution >= 0.6 is 0 Å². The first-order valence-electron chi connectivity index (χ1n) is 8.85. The van der Waals surface area contributed by atoms with Crippen LogP contribution in [0.1, 0.15) is 40.6 Å². The van der Waals surface area contributed by atoms with E-state index in [9.17, 15) is 17.6 Å².